The highest BCUT2D eigenvalue weighted by atomic mass is 32.2. The second-order valence-electron chi connectivity index (χ2n) is 6.94. The minimum absolute atomic E-state index is 0.0711. The number of nitrogens with one attached hydrogen (secondary N) is 1. The fourth-order valence-electron chi connectivity index (χ4n) is 3.54. The van der Waals surface area contributed by atoms with Crippen molar-refractivity contribution in [3.8, 4) is 5.75 Å². The van der Waals surface area contributed by atoms with E-state index in [0.717, 1.165) is 30.0 Å². The maximum absolute atomic E-state index is 12.5. The number of hydrogen-bond acceptors (Lipinski definition) is 4. The molecule has 0 spiro atoms. The van der Waals surface area contributed by atoms with Crippen LogP contribution in [0.15, 0.2) is 54.6 Å². The zero-order valence-corrected chi connectivity index (χ0v) is 16.6. The van der Waals surface area contributed by atoms with Crippen LogP contribution in [0.25, 0.3) is 0 Å². The van der Waals surface area contributed by atoms with Gasteiger partial charge in [-0.15, -0.1) is 0 Å². The average Bonchev–Trinajstić information content (AvgIpc) is 3.22. The zero-order valence-electron chi connectivity index (χ0n) is 15.8. The standard InChI is InChI=1S/C21H28N2O3S/c1-26-20-11-7-8-18(16-20)12-15-27(24,25)22-17-21(23-13-5-6-14-23)19-9-3-2-4-10-19/h2-4,7-11,16,21-22H,5-6,12-15,17H2,1H3. The summed E-state index contributed by atoms with van der Waals surface area (Å²) >= 11 is 0. The molecule has 1 atom stereocenters. The van der Waals surface area contributed by atoms with E-state index in [2.05, 4.69) is 21.8 Å². The molecule has 2 aromatic carbocycles. The lowest BCUT2D eigenvalue weighted by Crippen LogP contribution is -2.37. The molecular weight excluding hydrogens is 360 g/mol. The van der Waals surface area contributed by atoms with Gasteiger partial charge in [-0.25, -0.2) is 13.1 Å². The van der Waals surface area contributed by atoms with Gasteiger partial charge in [-0.1, -0.05) is 42.5 Å². The molecule has 0 bridgehead atoms. The van der Waals surface area contributed by atoms with Crippen molar-refractivity contribution in [1.29, 1.82) is 0 Å². The monoisotopic (exact) mass is 388 g/mol. The second-order valence-corrected chi connectivity index (χ2v) is 8.86. The highest BCUT2D eigenvalue weighted by Gasteiger charge is 2.24. The number of sulfonamides is 1. The van der Waals surface area contributed by atoms with E-state index in [1.807, 2.05) is 42.5 Å². The van der Waals surface area contributed by atoms with Crippen molar-refractivity contribution in [3.63, 3.8) is 0 Å². The van der Waals surface area contributed by atoms with Gasteiger partial charge in [0.2, 0.25) is 10.0 Å². The van der Waals surface area contributed by atoms with E-state index in [9.17, 15) is 8.42 Å². The maximum atomic E-state index is 12.5. The van der Waals surface area contributed by atoms with Gasteiger partial charge in [0.1, 0.15) is 5.75 Å². The Bertz CT molecular complexity index is 818. The number of aryl methyl sites for hydroxylation is 1. The first kappa shape index (κ1) is 19.9. The highest BCUT2D eigenvalue weighted by molar-refractivity contribution is 7.89. The van der Waals surface area contributed by atoms with E-state index >= 15 is 0 Å². The molecule has 1 N–H and O–H groups in total. The van der Waals surface area contributed by atoms with Crippen molar-refractivity contribution in [2.24, 2.45) is 0 Å². The number of rotatable bonds is 9. The first-order chi connectivity index (χ1) is 13.1. The van der Waals surface area contributed by atoms with Gasteiger partial charge in [0.15, 0.2) is 0 Å². The van der Waals surface area contributed by atoms with Crippen LogP contribution in [0.1, 0.15) is 30.0 Å². The van der Waals surface area contributed by atoms with Gasteiger partial charge in [0.05, 0.1) is 12.9 Å². The van der Waals surface area contributed by atoms with Gasteiger partial charge in [-0.3, -0.25) is 4.90 Å². The number of hydrogen-bond donors (Lipinski definition) is 1. The highest BCUT2D eigenvalue weighted by Crippen LogP contribution is 2.24. The third kappa shape index (κ3) is 5.79. The molecule has 146 valence electrons. The molecule has 1 heterocycles. The molecule has 1 aliphatic heterocycles. The summed E-state index contributed by atoms with van der Waals surface area (Å²) in [5, 5.41) is 0. The second kappa shape index (κ2) is 9.35. The summed E-state index contributed by atoms with van der Waals surface area (Å²) in [5.74, 6) is 0.817. The van der Waals surface area contributed by atoms with E-state index in [1.165, 1.54) is 12.8 Å². The van der Waals surface area contributed by atoms with Crippen LogP contribution in [0.4, 0.5) is 0 Å². The van der Waals surface area contributed by atoms with E-state index in [-0.39, 0.29) is 11.8 Å². The molecule has 6 heteroatoms. The van der Waals surface area contributed by atoms with Gasteiger partial charge in [-0.2, -0.15) is 0 Å². The van der Waals surface area contributed by atoms with E-state index in [4.69, 9.17) is 4.74 Å². The molecule has 5 nitrogen and oxygen atoms in total. The maximum Gasteiger partial charge on any atom is 0.211 e. The van der Waals surface area contributed by atoms with E-state index in [0.29, 0.717) is 13.0 Å². The smallest absolute Gasteiger partial charge is 0.211 e. The fraction of sp³-hybridized carbons (Fsp3) is 0.429. The number of methoxy groups -OCH3 is 1. The normalized spacial score (nSPS) is 16.3. The third-order valence-electron chi connectivity index (χ3n) is 5.06. The van der Waals surface area contributed by atoms with Gasteiger partial charge < -0.3 is 4.74 Å². The van der Waals surface area contributed by atoms with Crippen LogP contribution in [0.3, 0.4) is 0 Å². The van der Waals surface area contributed by atoms with Crippen molar-refractivity contribution in [3.05, 3.63) is 65.7 Å². The molecule has 0 radical (unpaired) electrons. The SMILES string of the molecule is COc1cccc(CCS(=O)(=O)NCC(c2ccccc2)N2CCCC2)c1. The minimum Gasteiger partial charge on any atom is -0.497 e. The molecule has 2 aromatic rings. The summed E-state index contributed by atoms with van der Waals surface area (Å²) in [5.41, 5.74) is 2.12. The van der Waals surface area contributed by atoms with Crippen LogP contribution < -0.4 is 9.46 Å². The Labute approximate surface area is 162 Å². The number of likely N-dealkylation sites (tertiary alicyclic amines) is 1. The predicted octanol–water partition coefficient (Wildman–Crippen LogP) is 2.99. The first-order valence-corrected chi connectivity index (χ1v) is 11.1. The van der Waals surface area contributed by atoms with E-state index in [1.54, 1.807) is 7.11 Å². The number of benzene rings is 2. The Balaban J connectivity index is 1.61. The molecule has 1 saturated heterocycles. The molecule has 0 amide bonds. The summed E-state index contributed by atoms with van der Waals surface area (Å²) in [7, 11) is -1.74. The molecule has 27 heavy (non-hydrogen) atoms. The van der Waals surface area contributed by atoms with Gasteiger partial charge >= 0.3 is 0 Å². The predicted molar refractivity (Wildman–Crippen MR) is 108 cm³/mol. The lowest BCUT2D eigenvalue weighted by atomic mass is 10.1. The fourth-order valence-corrected chi connectivity index (χ4v) is 4.61. The Morgan fingerprint density at radius 1 is 1.07 bits per heavy atom. The summed E-state index contributed by atoms with van der Waals surface area (Å²) < 4.78 is 33.1. The van der Waals surface area contributed by atoms with Crippen LogP contribution in [0, 0.1) is 0 Å². The summed E-state index contributed by atoms with van der Waals surface area (Å²) in [6, 6.07) is 17.8. The van der Waals surface area contributed by atoms with Crippen molar-refractivity contribution >= 4 is 10.0 Å². The van der Waals surface area contributed by atoms with Crippen LogP contribution in [-0.4, -0.2) is 45.8 Å². The van der Waals surface area contributed by atoms with Crippen LogP contribution in [0.2, 0.25) is 0 Å². The topological polar surface area (TPSA) is 58.6 Å². The molecule has 1 unspecified atom stereocenters. The van der Waals surface area contributed by atoms with Crippen LogP contribution in [0.5, 0.6) is 5.75 Å². The number of nitrogens with zero attached hydrogens (tertiary/aromatic N) is 1. The lowest BCUT2D eigenvalue weighted by Gasteiger charge is -2.28. The minimum atomic E-state index is -3.35. The zero-order chi connectivity index (χ0) is 19.1. The Morgan fingerprint density at radius 3 is 2.52 bits per heavy atom. The average molecular weight is 389 g/mol. The van der Waals surface area contributed by atoms with E-state index < -0.39 is 10.0 Å². The quantitative estimate of drug-likeness (QED) is 0.717. The first-order valence-electron chi connectivity index (χ1n) is 9.47. The van der Waals surface area contributed by atoms with Crippen molar-refractivity contribution in [2.75, 3.05) is 32.5 Å². The molecule has 0 aromatic heterocycles. The van der Waals surface area contributed by atoms with Crippen molar-refractivity contribution < 1.29 is 13.2 Å². The molecule has 0 saturated carbocycles. The molecule has 3 rings (SSSR count). The Morgan fingerprint density at radius 2 is 1.81 bits per heavy atom. The van der Waals surface area contributed by atoms with Gasteiger partial charge in [0.25, 0.3) is 0 Å². The molecule has 0 aliphatic carbocycles. The summed E-state index contributed by atoms with van der Waals surface area (Å²) in [6.45, 7) is 2.45. The molecule has 1 aliphatic rings. The van der Waals surface area contributed by atoms with Gasteiger partial charge in [-0.05, 0) is 55.6 Å². The molecule has 1 fully saturated rings. The summed E-state index contributed by atoms with van der Waals surface area (Å²) in [4.78, 5) is 2.37. The summed E-state index contributed by atoms with van der Waals surface area (Å²) in [6.07, 6.45) is 2.81. The number of ether oxygens (including phenoxy) is 1. The van der Waals surface area contributed by atoms with Crippen molar-refractivity contribution in [1.82, 2.24) is 9.62 Å². The Kier molecular flexibility index (Phi) is 6.88. The van der Waals surface area contributed by atoms with Crippen LogP contribution >= 0.6 is 0 Å². The lowest BCUT2D eigenvalue weighted by molar-refractivity contribution is 0.246. The largest absolute Gasteiger partial charge is 0.497 e. The Hall–Kier alpha value is -1.89. The molecular formula is C21H28N2O3S. The van der Waals surface area contributed by atoms with Crippen molar-refractivity contribution in [2.45, 2.75) is 25.3 Å². The van der Waals surface area contributed by atoms with Crippen LogP contribution in [-0.2, 0) is 16.4 Å². The third-order valence-corrected chi connectivity index (χ3v) is 6.40. The van der Waals surface area contributed by atoms with Gasteiger partial charge in [0, 0.05) is 12.6 Å².